The summed E-state index contributed by atoms with van der Waals surface area (Å²) in [7, 11) is 1.72. The van der Waals surface area contributed by atoms with Gasteiger partial charge in [0.1, 0.15) is 11.9 Å². The van der Waals surface area contributed by atoms with Crippen molar-refractivity contribution in [1.82, 2.24) is 5.32 Å². The maximum atomic E-state index is 6.15. The first-order valence-electron chi connectivity index (χ1n) is 7.31. The van der Waals surface area contributed by atoms with E-state index < -0.39 is 0 Å². The number of ether oxygens (including phenoxy) is 2. The average Bonchev–Trinajstić information content (AvgIpc) is 2.84. The van der Waals surface area contributed by atoms with Crippen molar-refractivity contribution in [2.75, 3.05) is 13.7 Å². The van der Waals surface area contributed by atoms with Gasteiger partial charge in [-0.15, -0.1) is 0 Å². The summed E-state index contributed by atoms with van der Waals surface area (Å²) >= 11 is 0. The van der Waals surface area contributed by atoms with E-state index in [4.69, 9.17) is 9.47 Å². The fourth-order valence-corrected chi connectivity index (χ4v) is 2.68. The summed E-state index contributed by atoms with van der Waals surface area (Å²) in [5, 5.41) is 3.59. The van der Waals surface area contributed by atoms with Gasteiger partial charge in [0.25, 0.3) is 0 Å². The van der Waals surface area contributed by atoms with Gasteiger partial charge in [0.15, 0.2) is 0 Å². The first-order chi connectivity index (χ1) is 9.33. The molecule has 0 bridgehead atoms. The van der Waals surface area contributed by atoms with Crippen molar-refractivity contribution in [3.8, 4) is 5.75 Å². The molecule has 0 heterocycles. The maximum Gasteiger partial charge on any atom is 0.120 e. The molecule has 0 spiro atoms. The summed E-state index contributed by atoms with van der Waals surface area (Å²) in [5.41, 5.74) is 1.16. The fraction of sp³-hybridized carbons (Fsp3) is 0.625. The molecule has 0 aromatic heterocycles. The van der Waals surface area contributed by atoms with Crippen LogP contribution >= 0.6 is 0 Å². The topological polar surface area (TPSA) is 30.5 Å². The molecule has 3 heteroatoms. The molecule has 0 aliphatic heterocycles. The van der Waals surface area contributed by atoms with Gasteiger partial charge in [-0.25, -0.2) is 0 Å². The largest absolute Gasteiger partial charge is 0.489 e. The molecule has 2 atom stereocenters. The minimum absolute atomic E-state index is 0.310. The average molecular weight is 263 g/mol. The molecule has 0 radical (unpaired) electrons. The Labute approximate surface area is 116 Å². The van der Waals surface area contributed by atoms with E-state index in [0.29, 0.717) is 18.8 Å². The molecule has 1 aliphatic carbocycles. The third-order valence-corrected chi connectivity index (χ3v) is 3.61. The summed E-state index contributed by atoms with van der Waals surface area (Å²) in [5.74, 6) is 0.963. The van der Waals surface area contributed by atoms with Gasteiger partial charge in [-0.2, -0.15) is 0 Å². The summed E-state index contributed by atoms with van der Waals surface area (Å²) in [4.78, 5) is 0. The minimum atomic E-state index is 0.310. The van der Waals surface area contributed by atoms with Crippen molar-refractivity contribution >= 4 is 0 Å². The van der Waals surface area contributed by atoms with Crippen molar-refractivity contribution in [3.63, 3.8) is 0 Å². The second kappa shape index (κ2) is 7.51. The summed E-state index contributed by atoms with van der Waals surface area (Å²) in [6.07, 6.45) is 5.11. The highest BCUT2D eigenvalue weighted by molar-refractivity contribution is 5.28. The van der Waals surface area contributed by atoms with E-state index in [1.165, 1.54) is 19.3 Å². The molecule has 2 unspecified atom stereocenters. The fourth-order valence-electron chi connectivity index (χ4n) is 2.68. The highest BCUT2D eigenvalue weighted by Crippen LogP contribution is 2.25. The predicted molar refractivity (Wildman–Crippen MR) is 77.5 cm³/mol. The Morgan fingerprint density at radius 3 is 3.00 bits per heavy atom. The maximum absolute atomic E-state index is 6.15. The normalized spacial score (nSPS) is 22.6. The van der Waals surface area contributed by atoms with Crippen molar-refractivity contribution in [2.24, 2.45) is 0 Å². The molecule has 1 N–H and O–H groups in total. The van der Waals surface area contributed by atoms with Gasteiger partial charge in [0.2, 0.25) is 0 Å². The van der Waals surface area contributed by atoms with Crippen molar-refractivity contribution in [3.05, 3.63) is 29.8 Å². The van der Waals surface area contributed by atoms with E-state index in [1.54, 1.807) is 7.11 Å². The number of benzene rings is 1. The van der Waals surface area contributed by atoms with Crippen LogP contribution in [0.2, 0.25) is 0 Å². The lowest BCUT2D eigenvalue weighted by Crippen LogP contribution is -2.39. The molecule has 106 valence electrons. The zero-order valence-electron chi connectivity index (χ0n) is 12.0. The smallest absolute Gasteiger partial charge is 0.120 e. The lowest BCUT2D eigenvalue weighted by atomic mass is 10.2. The number of rotatable bonds is 7. The van der Waals surface area contributed by atoms with Gasteiger partial charge in [0, 0.05) is 13.2 Å². The number of hydrogen-bond donors (Lipinski definition) is 1. The highest BCUT2D eigenvalue weighted by Gasteiger charge is 2.28. The van der Waals surface area contributed by atoms with E-state index in [9.17, 15) is 0 Å². The third kappa shape index (κ3) is 4.22. The van der Waals surface area contributed by atoms with Gasteiger partial charge in [-0.3, -0.25) is 0 Å². The molecule has 1 saturated carbocycles. The molecule has 19 heavy (non-hydrogen) atoms. The monoisotopic (exact) mass is 263 g/mol. The second-order valence-corrected chi connectivity index (χ2v) is 5.23. The summed E-state index contributed by atoms with van der Waals surface area (Å²) < 4.78 is 11.3. The standard InChI is InChI=1S/C16H25NO2/c1-3-10-17-15-8-5-9-16(15)19-14-7-4-6-13(11-14)12-18-2/h4,6-7,11,15-17H,3,5,8-10,12H2,1-2H3. The van der Waals surface area contributed by atoms with Crippen LogP contribution in [0.3, 0.4) is 0 Å². The zero-order valence-corrected chi connectivity index (χ0v) is 12.0. The summed E-state index contributed by atoms with van der Waals surface area (Å²) in [6, 6.07) is 8.73. The first-order valence-corrected chi connectivity index (χ1v) is 7.31. The molecule has 2 rings (SSSR count). The Bertz CT molecular complexity index is 381. The van der Waals surface area contributed by atoms with Crippen LogP contribution in [0.1, 0.15) is 38.2 Å². The Hall–Kier alpha value is -1.06. The molecule has 3 nitrogen and oxygen atoms in total. The Kier molecular flexibility index (Phi) is 5.67. The quantitative estimate of drug-likeness (QED) is 0.820. The Morgan fingerprint density at radius 2 is 2.21 bits per heavy atom. The van der Waals surface area contributed by atoms with Crippen LogP contribution in [0.5, 0.6) is 5.75 Å². The third-order valence-electron chi connectivity index (χ3n) is 3.61. The molecule has 0 saturated heterocycles. The SMILES string of the molecule is CCCNC1CCCC1Oc1cccc(COC)c1. The van der Waals surface area contributed by atoms with E-state index >= 15 is 0 Å². The van der Waals surface area contributed by atoms with Gasteiger partial charge in [0.05, 0.1) is 6.61 Å². The lowest BCUT2D eigenvalue weighted by Gasteiger charge is -2.22. The van der Waals surface area contributed by atoms with Crippen molar-refractivity contribution < 1.29 is 9.47 Å². The predicted octanol–water partition coefficient (Wildman–Crippen LogP) is 3.13. The molecular formula is C16H25NO2. The van der Waals surface area contributed by atoms with Crippen LogP contribution in [-0.4, -0.2) is 25.8 Å². The molecule has 1 aromatic carbocycles. The Balaban J connectivity index is 1.93. The van der Waals surface area contributed by atoms with Gasteiger partial charge >= 0.3 is 0 Å². The van der Waals surface area contributed by atoms with Gasteiger partial charge in [-0.05, 0) is 49.9 Å². The highest BCUT2D eigenvalue weighted by atomic mass is 16.5. The van der Waals surface area contributed by atoms with E-state index in [2.05, 4.69) is 24.4 Å². The van der Waals surface area contributed by atoms with Crippen LogP contribution in [0, 0.1) is 0 Å². The van der Waals surface area contributed by atoms with Crippen LogP contribution in [0.25, 0.3) is 0 Å². The zero-order chi connectivity index (χ0) is 13.5. The van der Waals surface area contributed by atoms with Gasteiger partial charge < -0.3 is 14.8 Å². The number of methoxy groups -OCH3 is 1. The molecular weight excluding hydrogens is 238 g/mol. The second-order valence-electron chi connectivity index (χ2n) is 5.23. The molecule has 1 aromatic rings. The number of hydrogen-bond acceptors (Lipinski definition) is 3. The molecule has 1 aliphatic rings. The summed E-state index contributed by atoms with van der Waals surface area (Å²) in [6.45, 7) is 3.92. The van der Waals surface area contributed by atoms with Crippen LogP contribution in [0.4, 0.5) is 0 Å². The lowest BCUT2D eigenvalue weighted by molar-refractivity contribution is 0.171. The van der Waals surface area contributed by atoms with E-state index in [-0.39, 0.29) is 0 Å². The van der Waals surface area contributed by atoms with Crippen LogP contribution in [-0.2, 0) is 11.3 Å². The van der Waals surface area contributed by atoms with E-state index in [1.807, 2.05) is 12.1 Å². The van der Waals surface area contributed by atoms with Crippen LogP contribution in [0.15, 0.2) is 24.3 Å². The Morgan fingerprint density at radius 1 is 1.32 bits per heavy atom. The molecule has 1 fully saturated rings. The first kappa shape index (κ1) is 14.4. The minimum Gasteiger partial charge on any atom is -0.489 e. The van der Waals surface area contributed by atoms with Crippen molar-refractivity contribution in [2.45, 2.75) is 51.4 Å². The van der Waals surface area contributed by atoms with Crippen molar-refractivity contribution in [1.29, 1.82) is 0 Å². The van der Waals surface area contributed by atoms with Gasteiger partial charge in [-0.1, -0.05) is 19.1 Å². The van der Waals surface area contributed by atoms with Crippen LogP contribution < -0.4 is 10.1 Å². The molecule has 0 amide bonds. The van der Waals surface area contributed by atoms with E-state index in [0.717, 1.165) is 24.3 Å². The number of nitrogens with one attached hydrogen (secondary N) is 1.